The molecule has 6 heteroatoms. The molecule has 0 aliphatic heterocycles. The second-order valence-electron chi connectivity index (χ2n) is 4.67. The molecule has 2 aromatic rings. The number of rotatable bonds is 7. The van der Waals surface area contributed by atoms with E-state index >= 15 is 0 Å². The predicted molar refractivity (Wildman–Crippen MR) is 85.3 cm³/mol. The first-order valence-electron chi connectivity index (χ1n) is 7.22. The highest BCUT2D eigenvalue weighted by atomic mass is 16.5. The molecule has 0 bridgehead atoms. The maximum Gasteiger partial charge on any atom is 0.223 e. The average molecular weight is 300 g/mol. The molecule has 0 radical (unpaired) electrons. The van der Waals surface area contributed by atoms with Gasteiger partial charge in [-0.3, -0.25) is 4.79 Å². The van der Waals surface area contributed by atoms with Crippen LogP contribution in [-0.4, -0.2) is 29.5 Å². The molecule has 2 rings (SSSR count). The number of aryl methyl sites for hydroxylation is 1. The fourth-order valence-electron chi connectivity index (χ4n) is 1.83. The zero-order valence-electron chi connectivity index (χ0n) is 12.8. The third kappa shape index (κ3) is 4.73. The standard InChI is InChI=1S/C16H20N4O2/c1-3-12-10-15(19-11-18-12)20-13-4-6-14(7-5-13)22-9-8-16(21)17-2/h4-7,10-11H,3,8-9H2,1-2H3,(H,17,21)(H,18,19,20). The Hall–Kier alpha value is -2.63. The van der Waals surface area contributed by atoms with E-state index in [4.69, 9.17) is 4.74 Å². The van der Waals surface area contributed by atoms with E-state index in [0.717, 1.165) is 29.4 Å². The minimum absolute atomic E-state index is 0.0335. The fraction of sp³-hybridized carbons (Fsp3) is 0.312. The number of aromatic nitrogens is 2. The van der Waals surface area contributed by atoms with Crippen molar-refractivity contribution in [2.24, 2.45) is 0 Å². The van der Waals surface area contributed by atoms with E-state index in [1.54, 1.807) is 13.4 Å². The molecule has 0 saturated heterocycles. The molecule has 22 heavy (non-hydrogen) atoms. The molecule has 0 aliphatic carbocycles. The molecule has 1 aromatic carbocycles. The molecular formula is C16H20N4O2. The summed E-state index contributed by atoms with van der Waals surface area (Å²) in [5, 5.41) is 5.77. The van der Waals surface area contributed by atoms with Crippen molar-refractivity contribution in [2.45, 2.75) is 19.8 Å². The van der Waals surface area contributed by atoms with E-state index in [9.17, 15) is 4.79 Å². The van der Waals surface area contributed by atoms with Gasteiger partial charge in [-0.15, -0.1) is 0 Å². The molecule has 1 heterocycles. The molecule has 0 saturated carbocycles. The molecule has 0 aliphatic rings. The Kier molecular flexibility index (Phi) is 5.71. The van der Waals surface area contributed by atoms with Crippen molar-refractivity contribution < 1.29 is 9.53 Å². The highest BCUT2D eigenvalue weighted by Gasteiger charge is 2.01. The predicted octanol–water partition coefficient (Wildman–Crippen LogP) is 2.30. The van der Waals surface area contributed by atoms with Crippen molar-refractivity contribution in [3.8, 4) is 5.75 Å². The van der Waals surface area contributed by atoms with Gasteiger partial charge in [0, 0.05) is 24.5 Å². The summed E-state index contributed by atoms with van der Waals surface area (Å²) >= 11 is 0. The van der Waals surface area contributed by atoms with Crippen molar-refractivity contribution in [3.05, 3.63) is 42.4 Å². The van der Waals surface area contributed by atoms with E-state index in [-0.39, 0.29) is 5.91 Å². The van der Waals surface area contributed by atoms with Gasteiger partial charge in [0.15, 0.2) is 0 Å². The smallest absolute Gasteiger partial charge is 0.223 e. The van der Waals surface area contributed by atoms with Gasteiger partial charge in [-0.1, -0.05) is 6.92 Å². The Morgan fingerprint density at radius 1 is 1.23 bits per heavy atom. The summed E-state index contributed by atoms with van der Waals surface area (Å²) in [6.45, 7) is 2.41. The lowest BCUT2D eigenvalue weighted by Gasteiger charge is -2.09. The highest BCUT2D eigenvalue weighted by molar-refractivity contribution is 5.75. The summed E-state index contributed by atoms with van der Waals surface area (Å²) in [7, 11) is 1.61. The van der Waals surface area contributed by atoms with Crippen LogP contribution in [0.2, 0.25) is 0 Å². The molecule has 0 unspecified atom stereocenters. The van der Waals surface area contributed by atoms with Crippen molar-refractivity contribution in [1.82, 2.24) is 15.3 Å². The number of carbonyl (C=O) groups is 1. The lowest BCUT2D eigenvalue weighted by atomic mass is 10.3. The van der Waals surface area contributed by atoms with Gasteiger partial charge in [-0.25, -0.2) is 9.97 Å². The molecule has 1 amide bonds. The van der Waals surface area contributed by atoms with Crippen molar-refractivity contribution in [1.29, 1.82) is 0 Å². The van der Waals surface area contributed by atoms with Gasteiger partial charge < -0.3 is 15.4 Å². The lowest BCUT2D eigenvalue weighted by Crippen LogP contribution is -2.20. The fourth-order valence-corrected chi connectivity index (χ4v) is 1.83. The summed E-state index contributed by atoms with van der Waals surface area (Å²) in [6.07, 6.45) is 2.77. The van der Waals surface area contributed by atoms with E-state index in [0.29, 0.717) is 13.0 Å². The monoisotopic (exact) mass is 300 g/mol. The van der Waals surface area contributed by atoms with Gasteiger partial charge in [0.05, 0.1) is 13.0 Å². The van der Waals surface area contributed by atoms with E-state index < -0.39 is 0 Å². The first-order valence-corrected chi connectivity index (χ1v) is 7.22. The van der Waals surface area contributed by atoms with Gasteiger partial charge in [0.25, 0.3) is 0 Å². The number of carbonyl (C=O) groups excluding carboxylic acids is 1. The number of ether oxygens (including phenoxy) is 1. The summed E-state index contributed by atoms with van der Waals surface area (Å²) in [5.74, 6) is 1.46. The Bertz CT molecular complexity index is 614. The van der Waals surface area contributed by atoms with Gasteiger partial charge >= 0.3 is 0 Å². The Morgan fingerprint density at radius 3 is 2.68 bits per heavy atom. The van der Waals surface area contributed by atoms with Crippen LogP contribution < -0.4 is 15.4 Å². The largest absolute Gasteiger partial charge is 0.493 e. The quantitative estimate of drug-likeness (QED) is 0.820. The van der Waals surface area contributed by atoms with Crippen LogP contribution in [0.5, 0.6) is 5.75 Å². The highest BCUT2D eigenvalue weighted by Crippen LogP contribution is 2.19. The number of hydrogen-bond donors (Lipinski definition) is 2. The zero-order valence-corrected chi connectivity index (χ0v) is 12.8. The van der Waals surface area contributed by atoms with Crippen LogP contribution in [0.25, 0.3) is 0 Å². The zero-order chi connectivity index (χ0) is 15.8. The van der Waals surface area contributed by atoms with Crippen molar-refractivity contribution >= 4 is 17.4 Å². The van der Waals surface area contributed by atoms with Crippen LogP contribution in [0.15, 0.2) is 36.7 Å². The third-order valence-corrected chi connectivity index (χ3v) is 3.09. The molecule has 0 spiro atoms. The van der Waals surface area contributed by atoms with Crippen LogP contribution in [0.4, 0.5) is 11.5 Å². The van der Waals surface area contributed by atoms with Crippen LogP contribution in [0, 0.1) is 0 Å². The van der Waals surface area contributed by atoms with E-state index in [2.05, 4.69) is 27.5 Å². The Balaban J connectivity index is 1.89. The molecular weight excluding hydrogens is 280 g/mol. The number of hydrogen-bond acceptors (Lipinski definition) is 5. The normalized spacial score (nSPS) is 10.1. The van der Waals surface area contributed by atoms with Crippen LogP contribution >= 0.6 is 0 Å². The molecule has 0 fully saturated rings. The Labute approximate surface area is 129 Å². The second-order valence-corrected chi connectivity index (χ2v) is 4.67. The van der Waals surface area contributed by atoms with Crippen molar-refractivity contribution in [2.75, 3.05) is 19.0 Å². The lowest BCUT2D eigenvalue weighted by molar-refractivity contribution is -0.121. The van der Waals surface area contributed by atoms with Crippen LogP contribution in [-0.2, 0) is 11.2 Å². The average Bonchev–Trinajstić information content (AvgIpc) is 2.56. The first kappa shape index (κ1) is 15.8. The number of amides is 1. The SMILES string of the molecule is CCc1cc(Nc2ccc(OCCC(=O)NC)cc2)ncn1. The summed E-state index contributed by atoms with van der Waals surface area (Å²) in [4.78, 5) is 19.4. The van der Waals surface area contributed by atoms with Gasteiger partial charge in [-0.05, 0) is 30.7 Å². The summed E-state index contributed by atoms with van der Waals surface area (Å²) < 4.78 is 5.51. The first-order chi connectivity index (χ1) is 10.7. The van der Waals surface area contributed by atoms with Gasteiger partial charge in [-0.2, -0.15) is 0 Å². The molecule has 2 N–H and O–H groups in total. The number of benzene rings is 1. The Morgan fingerprint density at radius 2 is 2.00 bits per heavy atom. The molecule has 116 valence electrons. The summed E-state index contributed by atoms with van der Waals surface area (Å²) in [6, 6.07) is 9.45. The minimum Gasteiger partial charge on any atom is -0.493 e. The number of nitrogens with zero attached hydrogens (tertiary/aromatic N) is 2. The topological polar surface area (TPSA) is 76.1 Å². The van der Waals surface area contributed by atoms with Crippen LogP contribution in [0.3, 0.4) is 0 Å². The van der Waals surface area contributed by atoms with E-state index in [1.165, 1.54) is 0 Å². The van der Waals surface area contributed by atoms with Crippen LogP contribution in [0.1, 0.15) is 19.0 Å². The molecule has 6 nitrogen and oxygen atoms in total. The molecule has 1 aromatic heterocycles. The number of anilines is 2. The summed E-state index contributed by atoms with van der Waals surface area (Å²) in [5.41, 5.74) is 1.91. The molecule has 0 atom stereocenters. The second kappa shape index (κ2) is 7.97. The van der Waals surface area contributed by atoms with E-state index in [1.807, 2.05) is 30.3 Å². The maximum absolute atomic E-state index is 11.1. The van der Waals surface area contributed by atoms with Crippen molar-refractivity contribution in [3.63, 3.8) is 0 Å². The van der Waals surface area contributed by atoms with Gasteiger partial charge in [0.2, 0.25) is 5.91 Å². The number of nitrogens with one attached hydrogen (secondary N) is 2. The third-order valence-electron chi connectivity index (χ3n) is 3.09. The van der Waals surface area contributed by atoms with Gasteiger partial charge in [0.1, 0.15) is 17.9 Å². The maximum atomic E-state index is 11.1. The minimum atomic E-state index is -0.0335.